The van der Waals surface area contributed by atoms with E-state index in [1.807, 2.05) is 6.07 Å². The summed E-state index contributed by atoms with van der Waals surface area (Å²) >= 11 is 5.86. The smallest absolute Gasteiger partial charge is 0.129 e. The number of hydrogen-bond acceptors (Lipinski definition) is 1. The van der Waals surface area contributed by atoms with Crippen molar-refractivity contribution in [1.29, 1.82) is 0 Å². The molecular weight excluding hydrogens is 261 g/mol. The molecule has 3 rings (SSSR count). The number of fused-ring (bicyclic) bond motifs is 1. The maximum absolute atomic E-state index is 14.2. The van der Waals surface area contributed by atoms with Crippen LogP contribution < -0.4 is 5.32 Å². The van der Waals surface area contributed by atoms with Crippen molar-refractivity contribution < 1.29 is 4.39 Å². The van der Waals surface area contributed by atoms with Crippen LogP contribution in [0.2, 0.25) is 5.02 Å². The first kappa shape index (κ1) is 13.4. The van der Waals surface area contributed by atoms with Gasteiger partial charge in [0.25, 0.3) is 0 Å². The van der Waals surface area contributed by atoms with E-state index in [-0.39, 0.29) is 11.9 Å². The molecule has 2 aliphatic rings. The Labute approximate surface area is 119 Å². The van der Waals surface area contributed by atoms with E-state index in [4.69, 9.17) is 11.6 Å². The molecule has 0 aromatic heterocycles. The topological polar surface area (TPSA) is 12.0 Å². The molecule has 2 aliphatic carbocycles. The average Bonchev–Trinajstić information content (AvgIpc) is 2.99. The first-order chi connectivity index (χ1) is 9.19. The van der Waals surface area contributed by atoms with Gasteiger partial charge in [0.1, 0.15) is 5.82 Å². The van der Waals surface area contributed by atoms with E-state index >= 15 is 0 Å². The molecular formula is C16H21ClFN. The minimum atomic E-state index is -0.165. The molecule has 1 aromatic carbocycles. The normalized spacial score (nSPS) is 30.2. The molecule has 3 unspecified atom stereocenters. The van der Waals surface area contributed by atoms with Crippen molar-refractivity contribution in [2.75, 3.05) is 6.54 Å². The zero-order chi connectivity index (χ0) is 13.4. The Kier molecular flexibility index (Phi) is 3.81. The highest BCUT2D eigenvalue weighted by molar-refractivity contribution is 6.30. The fraction of sp³-hybridized carbons (Fsp3) is 0.625. The molecule has 0 bridgehead atoms. The summed E-state index contributed by atoms with van der Waals surface area (Å²) in [7, 11) is 0. The lowest BCUT2D eigenvalue weighted by molar-refractivity contribution is 0.333. The molecule has 1 N–H and O–H groups in total. The van der Waals surface area contributed by atoms with Gasteiger partial charge in [0.05, 0.1) is 0 Å². The van der Waals surface area contributed by atoms with Crippen molar-refractivity contribution in [2.24, 2.45) is 17.8 Å². The Morgan fingerprint density at radius 3 is 2.68 bits per heavy atom. The summed E-state index contributed by atoms with van der Waals surface area (Å²) in [6.45, 7) is 3.09. The molecule has 0 amide bonds. The molecule has 3 atom stereocenters. The number of hydrogen-bond donors (Lipinski definition) is 1. The zero-order valence-corrected chi connectivity index (χ0v) is 12.1. The first-order valence-corrected chi connectivity index (χ1v) is 7.75. The van der Waals surface area contributed by atoms with Crippen LogP contribution in [0.15, 0.2) is 18.2 Å². The highest BCUT2D eigenvalue weighted by Crippen LogP contribution is 2.57. The van der Waals surface area contributed by atoms with Crippen molar-refractivity contribution in [2.45, 2.75) is 38.6 Å². The summed E-state index contributed by atoms with van der Waals surface area (Å²) < 4.78 is 14.2. The minimum absolute atomic E-state index is 0.157. The monoisotopic (exact) mass is 281 g/mol. The predicted molar refractivity (Wildman–Crippen MR) is 76.8 cm³/mol. The number of rotatable bonds is 5. The Bertz CT molecular complexity index is 452. The van der Waals surface area contributed by atoms with E-state index in [1.54, 1.807) is 6.07 Å². The lowest BCUT2D eigenvalue weighted by Gasteiger charge is -2.27. The third kappa shape index (κ3) is 2.80. The quantitative estimate of drug-likeness (QED) is 0.834. The van der Waals surface area contributed by atoms with Gasteiger partial charge < -0.3 is 5.32 Å². The van der Waals surface area contributed by atoms with Crippen LogP contribution >= 0.6 is 11.6 Å². The SMILES string of the molecule is CCCNC(c1ccc(Cl)cc1F)C1CC2CC2C1. The Hall–Kier alpha value is -0.600. The van der Waals surface area contributed by atoms with Gasteiger partial charge in [-0.25, -0.2) is 4.39 Å². The van der Waals surface area contributed by atoms with Gasteiger partial charge in [-0.05, 0) is 62.1 Å². The van der Waals surface area contributed by atoms with Crippen molar-refractivity contribution in [1.82, 2.24) is 5.32 Å². The second-order valence-corrected chi connectivity index (χ2v) is 6.52. The Balaban J connectivity index is 1.80. The molecule has 0 spiro atoms. The molecule has 2 saturated carbocycles. The van der Waals surface area contributed by atoms with Crippen LogP contribution in [0.25, 0.3) is 0 Å². The van der Waals surface area contributed by atoms with E-state index < -0.39 is 0 Å². The molecule has 1 nitrogen and oxygen atoms in total. The van der Waals surface area contributed by atoms with Gasteiger partial charge in [-0.2, -0.15) is 0 Å². The molecule has 1 aromatic rings. The summed E-state index contributed by atoms with van der Waals surface area (Å²) in [5.41, 5.74) is 0.796. The van der Waals surface area contributed by atoms with Gasteiger partial charge in [0, 0.05) is 16.6 Å². The van der Waals surface area contributed by atoms with Crippen molar-refractivity contribution in [3.63, 3.8) is 0 Å². The maximum atomic E-state index is 14.2. The van der Waals surface area contributed by atoms with Crippen LogP contribution in [-0.2, 0) is 0 Å². The standard InChI is InChI=1S/C16H21ClFN/c1-2-5-19-16(12-7-10-6-11(10)8-12)14-4-3-13(17)9-15(14)18/h3-4,9-12,16,19H,2,5-8H2,1H3. The van der Waals surface area contributed by atoms with Crippen molar-refractivity contribution >= 4 is 11.6 Å². The molecule has 3 heteroatoms. The van der Waals surface area contributed by atoms with Gasteiger partial charge >= 0.3 is 0 Å². The number of nitrogens with one attached hydrogen (secondary N) is 1. The largest absolute Gasteiger partial charge is 0.310 e. The summed E-state index contributed by atoms with van der Waals surface area (Å²) in [6.07, 6.45) is 4.99. The average molecular weight is 282 g/mol. The van der Waals surface area contributed by atoms with E-state index in [1.165, 1.54) is 25.3 Å². The van der Waals surface area contributed by atoms with Gasteiger partial charge in [-0.15, -0.1) is 0 Å². The summed E-state index contributed by atoms with van der Waals surface area (Å²) in [5.74, 6) is 2.27. The second-order valence-electron chi connectivity index (χ2n) is 6.08. The second kappa shape index (κ2) is 5.41. The molecule has 0 radical (unpaired) electrons. The van der Waals surface area contributed by atoms with Gasteiger partial charge in [0.15, 0.2) is 0 Å². The fourth-order valence-electron chi connectivity index (χ4n) is 3.62. The first-order valence-electron chi connectivity index (χ1n) is 7.37. The molecule has 19 heavy (non-hydrogen) atoms. The van der Waals surface area contributed by atoms with Crippen molar-refractivity contribution in [3.8, 4) is 0 Å². The molecule has 0 saturated heterocycles. The van der Waals surface area contributed by atoms with E-state index in [0.29, 0.717) is 10.9 Å². The van der Waals surface area contributed by atoms with Gasteiger partial charge in [-0.1, -0.05) is 24.6 Å². The zero-order valence-electron chi connectivity index (χ0n) is 11.3. The number of halogens is 2. The Morgan fingerprint density at radius 1 is 1.32 bits per heavy atom. The third-order valence-corrected chi connectivity index (χ3v) is 4.90. The van der Waals surface area contributed by atoms with Gasteiger partial charge in [-0.3, -0.25) is 0 Å². The van der Waals surface area contributed by atoms with Crippen LogP contribution in [0.3, 0.4) is 0 Å². The summed E-state index contributed by atoms with van der Waals surface area (Å²) in [5, 5.41) is 4.02. The summed E-state index contributed by atoms with van der Waals surface area (Å²) in [6, 6.07) is 5.25. The number of benzene rings is 1. The molecule has 0 aliphatic heterocycles. The Morgan fingerprint density at radius 2 is 2.05 bits per heavy atom. The van der Waals surface area contributed by atoms with Crippen LogP contribution in [0.5, 0.6) is 0 Å². The highest BCUT2D eigenvalue weighted by Gasteiger charge is 2.48. The van der Waals surface area contributed by atoms with Crippen molar-refractivity contribution in [3.05, 3.63) is 34.6 Å². The summed E-state index contributed by atoms with van der Waals surface area (Å²) in [4.78, 5) is 0. The van der Waals surface area contributed by atoms with E-state index in [0.717, 1.165) is 30.4 Å². The lowest BCUT2D eigenvalue weighted by Crippen LogP contribution is -2.29. The maximum Gasteiger partial charge on any atom is 0.129 e. The predicted octanol–water partition coefficient (Wildman–Crippen LogP) is 4.57. The van der Waals surface area contributed by atoms with E-state index in [2.05, 4.69) is 12.2 Å². The lowest BCUT2D eigenvalue weighted by atomic mass is 9.88. The van der Waals surface area contributed by atoms with Crippen LogP contribution in [0.1, 0.15) is 44.2 Å². The highest BCUT2D eigenvalue weighted by atomic mass is 35.5. The fourth-order valence-corrected chi connectivity index (χ4v) is 3.78. The van der Waals surface area contributed by atoms with E-state index in [9.17, 15) is 4.39 Å². The third-order valence-electron chi connectivity index (χ3n) is 4.66. The molecule has 104 valence electrons. The molecule has 2 fully saturated rings. The molecule has 0 heterocycles. The van der Waals surface area contributed by atoms with Crippen LogP contribution in [0, 0.1) is 23.6 Å². The van der Waals surface area contributed by atoms with Gasteiger partial charge in [0.2, 0.25) is 0 Å². The minimum Gasteiger partial charge on any atom is -0.310 e. The van der Waals surface area contributed by atoms with Crippen LogP contribution in [-0.4, -0.2) is 6.54 Å². The van der Waals surface area contributed by atoms with Crippen LogP contribution in [0.4, 0.5) is 4.39 Å².